The summed E-state index contributed by atoms with van der Waals surface area (Å²) in [6.45, 7) is 4.41. The Hall–Kier alpha value is -0.460. The van der Waals surface area contributed by atoms with E-state index in [1.54, 1.807) is 14.2 Å². The Balaban J connectivity index is 2.53. The van der Waals surface area contributed by atoms with Gasteiger partial charge >= 0.3 is 0 Å². The van der Waals surface area contributed by atoms with Crippen molar-refractivity contribution in [3.63, 3.8) is 0 Å². The highest BCUT2D eigenvalue weighted by atomic mass is 79.9. The van der Waals surface area contributed by atoms with Crippen LogP contribution in [0.2, 0.25) is 0 Å². The molecule has 1 aromatic carbocycles. The first-order valence-electron chi connectivity index (χ1n) is 7.34. The van der Waals surface area contributed by atoms with Crippen LogP contribution in [0.25, 0.3) is 0 Å². The molecule has 0 aliphatic heterocycles. The molecule has 1 atom stereocenters. The standard InChI is InChI=1S/C16H27BrN2O2/c1-18-16(14-5-4-6-15(17)13-14)7-8-19(9-11-20-2)10-12-21-3/h4-6,13,16,18H,7-12H2,1-3H3. The maximum atomic E-state index is 5.18. The molecule has 5 heteroatoms. The molecule has 0 aromatic heterocycles. The van der Waals surface area contributed by atoms with Gasteiger partial charge < -0.3 is 14.8 Å². The molecule has 21 heavy (non-hydrogen) atoms. The summed E-state index contributed by atoms with van der Waals surface area (Å²) in [7, 11) is 5.50. The summed E-state index contributed by atoms with van der Waals surface area (Å²) >= 11 is 3.54. The van der Waals surface area contributed by atoms with Crippen molar-refractivity contribution in [3.8, 4) is 0 Å². The summed E-state index contributed by atoms with van der Waals surface area (Å²) in [5.74, 6) is 0. The zero-order valence-corrected chi connectivity index (χ0v) is 14.9. The summed E-state index contributed by atoms with van der Waals surface area (Å²) in [4.78, 5) is 2.38. The number of rotatable bonds is 11. The maximum absolute atomic E-state index is 5.18. The number of hydrogen-bond donors (Lipinski definition) is 1. The van der Waals surface area contributed by atoms with Gasteiger partial charge in [0.1, 0.15) is 0 Å². The third-order valence-corrected chi connectivity index (χ3v) is 4.05. The first-order chi connectivity index (χ1) is 10.2. The van der Waals surface area contributed by atoms with Gasteiger partial charge in [0.2, 0.25) is 0 Å². The van der Waals surface area contributed by atoms with Crippen molar-refractivity contribution >= 4 is 15.9 Å². The summed E-state index contributed by atoms with van der Waals surface area (Å²) < 4.78 is 11.5. The number of nitrogens with zero attached hydrogens (tertiary/aromatic N) is 1. The van der Waals surface area contributed by atoms with Crippen LogP contribution in [-0.2, 0) is 9.47 Å². The number of hydrogen-bond acceptors (Lipinski definition) is 4. The molecule has 0 aliphatic carbocycles. The van der Waals surface area contributed by atoms with Crippen molar-refractivity contribution in [2.24, 2.45) is 0 Å². The largest absolute Gasteiger partial charge is 0.383 e. The van der Waals surface area contributed by atoms with Gasteiger partial charge in [0.15, 0.2) is 0 Å². The van der Waals surface area contributed by atoms with Crippen LogP contribution in [0.3, 0.4) is 0 Å². The predicted octanol–water partition coefficient (Wildman–Crippen LogP) is 2.69. The van der Waals surface area contributed by atoms with Crippen molar-refractivity contribution in [2.75, 3.05) is 54.1 Å². The van der Waals surface area contributed by atoms with Gasteiger partial charge in [0.25, 0.3) is 0 Å². The topological polar surface area (TPSA) is 33.7 Å². The van der Waals surface area contributed by atoms with Gasteiger partial charge in [-0.2, -0.15) is 0 Å². The summed E-state index contributed by atoms with van der Waals surface area (Å²) in [6, 6.07) is 8.84. The van der Waals surface area contributed by atoms with Crippen molar-refractivity contribution in [3.05, 3.63) is 34.3 Å². The lowest BCUT2D eigenvalue weighted by Crippen LogP contribution is -2.33. The fraction of sp³-hybridized carbons (Fsp3) is 0.625. The lowest BCUT2D eigenvalue weighted by molar-refractivity contribution is 0.111. The van der Waals surface area contributed by atoms with Crippen molar-refractivity contribution in [2.45, 2.75) is 12.5 Å². The number of halogens is 1. The molecule has 1 N–H and O–H groups in total. The predicted molar refractivity (Wildman–Crippen MR) is 90.8 cm³/mol. The van der Waals surface area contributed by atoms with Crippen molar-refractivity contribution in [1.29, 1.82) is 0 Å². The van der Waals surface area contributed by atoms with E-state index in [9.17, 15) is 0 Å². The van der Waals surface area contributed by atoms with Crippen LogP contribution in [0.1, 0.15) is 18.0 Å². The number of ether oxygens (including phenoxy) is 2. The summed E-state index contributed by atoms with van der Waals surface area (Å²) in [5.41, 5.74) is 1.31. The van der Waals surface area contributed by atoms with E-state index in [4.69, 9.17) is 9.47 Å². The molecule has 0 bridgehead atoms. The quantitative estimate of drug-likeness (QED) is 0.659. The average molecular weight is 359 g/mol. The SMILES string of the molecule is CNC(CCN(CCOC)CCOC)c1cccc(Br)c1. The minimum Gasteiger partial charge on any atom is -0.383 e. The Morgan fingerprint density at radius 2 is 1.81 bits per heavy atom. The normalized spacial score (nSPS) is 12.8. The molecule has 0 saturated heterocycles. The fourth-order valence-electron chi connectivity index (χ4n) is 2.29. The molecule has 1 rings (SSSR count). The molecular weight excluding hydrogens is 332 g/mol. The van der Waals surface area contributed by atoms with Crippen molar-refractivity contribution in [1.82, 2.24) is 10.2 Å². The van der Waals surface area contributed by atoms with E-state index in [1.807, 2.05) is 7.05 Å². The minimum absolute atomic E-state index is 0.357. The van der Waals surface area contributed by atoms with E-state index in [-0.39, 0.29) is 0 Å². The molecule has 1 aromatic rings. The van der Waals surface area contributed by atoms with Crippen molar-refractivity contribution < 1.29 is 9.47 Å². The van der Waals surface area contributed by atoms with Gasteiger partial charge in [-0.1, -0.05) is 28.1 Å². The second-order valence-electron chi connectivity index (χ2n) is 5.01. The molecule has 0 radical (unpaired) electrons. The third-order valence-electron chi connectivity index (χ3n) is 3.56. The van der Waals surface area contributed by atoms with E-state index in [0.717, 1.165) is 43.7 Å². The molecule has 120 valence electrons. The minimum atomic E-state index is 0.357. The summed E-state index contributed by atoms with van der Waals surface area (Å²) in [6.07, 6.45) is 1.06. The van der Waals surface area contributed by atoms with Gasteiger partial charge in [-0.3, -0.25) is 4.90 Å². The third kappa shape index (κ3) is 7.38. The Morgan fingerprint density at radius 1 is 1.14 bits per heavy atom. The Bertz CT molecular complexity index is 382. The average Bonchev–Trinajstić information content (AvgIpc) is 2.50. The lowest BCUT2D eigenvalue weighted by atomic mass is 10.0. The molecular formula is C16H27BrN2O2. The summed E-state index contributed by atoms with van der Waals surface area (Å²) in [5, 5.41) is 3.40. The Morgan fingerprint density at radius 3 is 2.33 bits per heavy atom. The number of benzene rings is 1. The van der Waals surface area contributed by atoms with Crippen LogP contribution in [0, 0.1) is 0 Å². The molecule has 0 spiro atoms. The van der Waals surface area contributed by atoms with E-state index >= 15 is 0 Å². The highest BCUT2D eigenvalue weighted by Crippen LogP contribution is 2.20. The van der Waals surface area contributed by atoms with E-state index in [1.165, 1.54) is 5.56 Å². The zero-order chi connectivity index (χ0) is 15.5. The second kappa shape index (κ2) is 11.2. The lowest BCUT2D eigenvalue weighted by Gasteiger charge is -2.25. The number of methoxy groups -OCH3 is 2. The maximum Gasteiger partial charge on any atom is 0.0589 e. The number of nitrogens with one attached hydrogen (secondary N) is 1. The van der Waals surface area contributed by atoms with Crippen LogP contribution in [0.15, 0.2) is 28.7 Å². The van der Waals surface area contributed by atoms with E-state index in [2.05, 4.69) is 50.4 Å². The monoisotopic (exact) mass is 358 g/mol. The zero-order valence-electron chi connectivity index (χ0n) is 13.3. The Labute approximate surface area is 136 Å². The van der Waals surface area contributed by atoms with Gasteiger partial charge in [0.05, 0.1) is 13.2 Å². The molecule has 0 heterocycles. The van der Waals surface area contributed by atoms with Gasteiger partial charge in [-0.15, -0.1) is 0 Å². The van der Waals surface area contributed by atoms with Gasteiger partial charge in [-0.25, -0.2) is 0 Å². The van der Waals surface area contributed by atoms with Gasteiger partial charge in [-0.05, 0) is 31.2 Å². The first-order valence-corrected chi connectivity index (χ1v) is 8.13. The Kier molecular flexibility index (Phi) is 9.87. The van der Waals surface area contributed by atoms with E-state index < -0.39 is 0 Å². The second-order valence-corrected chi connectivity index (χ2v) is 5.93. The van der Waals surface area contributed by atoms with Crippen LogP contribution in [0.5, 0.6) is 0 Å². The highest BCUT2D eigenvalue weighted by molar-refractivity contribution is 9.10. The molecule has 0 saturated carbocycles. The first kappa shape index (κ1) is 18.6. The molecule has 0 amide bonds. The molecule has 0 aliphatic rings. The van der Waals surface area contributed by atoms with Crippen LogP contribution in [0.4, 0.5) is 0 Å². The van der Waals surface area contributed by atoms with E-state index in [0.29, 0.717) is 6.04 Å². The van der Waals surface area contributed by atoms with Crippen LogP contribution >= 0.6 is 15.9 Å². The highest BCUT2D eigenvalue weighted by Gasteiger charge is 2.12. The van der Waals surface area contributed by atoms with Crippen LogP contribution < -0.4 is 5.32 Å². The van der Waals surface area contributed by atoms with Crippen LogP contribution in [-0.4, -0.2) is 59.0 Å². The fourth-order valence-corrected chi connectivity index (χ4v) is 2.71. The molecule has 1 unspecified atom stereocenters. The van der Waals surface area contributed by atoms with Gasteiger partial charge in [0, 0.05) is 44.4 Å². The molecule has 4 nitrogen and oxygen atoms in total. The smallest absolute Gasteiger partial charge is 0.0589 e. The molecule has 0 fully saturated rings.